The van der Waals surface area contributed by atoms with Crippen LogP contribution in [0.3, 0.4) is 0 Å². The summed E-state index contributed by atoms with van der Waals surface area (Å²) in [5, 5.41) is 0. The number of carbonyl (C=O) groups excluding carboxylic acids is 1. The Hall–Kier alpha value is -2.78. The summed E-state index contributed by atoms with van der Waals surface area (Å²) in [6, 6.07) is 4.84. The van der Waals surface area contributed by atoms with E-state index in [9.17, 15) is 9.18 Å². The largest absolute Gasteiger partial charge is 0.493 e. The molecular formula is C28H37FN4O4. The van der Waals surface area contributed by atoms with Crippen LogP contribution in [0, 0.1) is 23.6 Å². The lowest BCUT2D eigenvalue weighted by Crippen LogP contribution is -2.54. The summed E-state index contributed by atoms with van der Waals surface area (Å²) in [5.41, 5.74) is 1.39. The molecule has 1 aliphatic carbocycles. The molecule has 3 heterocycles. The average Bonchev–Trinajstić information content (AvgIpc) is 3.65. The monoisotopic (exact) mass is 512 g/mol. The number of likely N-dealkylation sites (tertiary alicyclic amines) is 1. The van der Waals surface area contributed by atoms with Crippen LogP contribution in [0.25, 0.3) is 0 Å². The Balaban J connectivity index is 1.00. The number of benzene rings is 1. The Bertz CT molecular complexity index is 1050. The van der Waals surface area contributed by atoms with Gasteiger partial charge in [-0.05, 0) is 55.1 Å². The van der Waals surface area contributed by atoms with Crippen LogP contribution in [-0.2, 0) is 27.3 Å². The summed E-state index contributed by atoms with van der Waals surface area (Å²) in [7, 11) is 3.31. The topological polar surface area (TPSA) is 77.0 Å². The Labute approximate surface area is 218 Å². The molecule has 2 aliphatic heterocycles. The number of piperidine rings is 1. The van der Waals surface area contributed by atoms with Gasteiger partial charge < -0.3 is 24.0 Å². The summed E-state index contributed by atoms with van der Waals surface area (Å²) in [6.45, 7) is 4.27. The molecule has 2 saturated heterocycles. The normalized spacial score (nSPS) is 22.1. The van der Waals surface area contributed by atoms with E-state index in [1.54, 1.807) is 31.3 Å². The lowest BCUT2D eigenvalue weighted by molar-refractivity contribution is -0.142. The molecule has 1 saturated carbocycles. The lowest BCUT2D eigenvalue weighted by Gasteiger charge is -2.38. The first-order valence-corrected chi connectivity index (χ1v) is 13.3. The van der Waals surface area contributed by atoms with Gasteiger partial charge in [0.15, 0.2) is 0 Å². The van der Waals surface area contributed by atoms with Crippen molar-refractivity contribution >= 4 is 11.9 Å². The Morgan fingerprint density at radius 3 is 2.57 bits per heavy atom. The highest BCUT2D eigenvalue weighted by molar-refractivity contribution is 5.79. The van der Waals surface area contributed by atoms with E-state index < -0.39 is 0 Å². The van der Waals surface area contributed by atoms with Gasteiger partial charge in [0.25, 0.3) is 0 Å². The molecule has 2 aromatic rings. The van der Waals surface area contributed by atoms with Crippen molar-refractivity contribution < 1.29 is 23.4 Å². The standard InChI is InChI=1S/C28H37FN4O4/c1-35-18-19-14-30-28(31-15-19)32-8-5-20(6-9-32)25-11-21(25)7-10-37-23-4-3-22(26(29)13-23)12-27(34)33-16-24(17-33)36-2/h3-4,13-15,20-21,24-25H,5-12,16-18H2,1-2H3/t21-,25-/m0/s1. The third-order valence-electron chi connectivity index (χ3n) is 8.07. The summed E-state index contributed by atoms with van der Waals surface area (Å²) < 4.78 is 30.7. The zero-order valence-corrected chi connectivity index (χ0v) is 21.8. The highest BCUT2D eigenvalue weighted by atomic mass is 19.1. The van der Waals surface area contributed by atoms with Gasteiger partial charge in [0.1, 0.15) is 11.6 Å². The van der Waals surface area contributed by atoms with Gasteiger partial charge in [0.2, 0.25) is 11.9 Å². The zero-order valence-electron chi connectivity index (χ0n) is 21.8. The van der Waals surface area contributed by atoms with Gasteiger partial charge in [0, 0.05) is 64.4 Å². The van der Waals surface area contributed by atoms with Gasteiger partial charge in [-0.1, -0.05) is 6.07 Å². The van der Waals surface area contributed by atoms with Crippen molar-refractivity contribution in [1.82, 2.24) is 14.9 Å². The van der Waals surface area contributed by atoms with Gasteiger partial charge >= 0.3 is 0 Å². The molecule has 200 valence electrons. The first kappa shape index (κ1) is 25.9. The molecule has 2 atom stereocenters. The fraction of sp³-hybridized carbons (Fsp3) is 0.607. The van der Waals surface area contributed by atoms with Crippen molar-refractivity contribution in [2.45, 2.75) is 44.8 Å². The van der Waals surface area contributed by atoms with Crippen molar-refractivity contribution in [1.29, 1.82) is 0 Å². The summed E-state index contributed by atoms with van der Waals surface area (Å²) in [5.74, 6) is 3.08. The maximum atomic E-state index is 14.6. The average molecular weight is 513 g/mol. The van der Waals surface area contributed by atoms with Crippen molar-refractivity contribution in [2.75, 3.05) is 51.9 Å². The second kappa shape index (κ2) is 11.7. The molecule has 0 N–H and O–H groups in total. The molecule has 1 aromatic heterocycles. The molecule has 0 radical (unpaired) electrons. The molecular weight excluding hydrogens is 475 g/mol. The number of halogens is 1. The Kier molecular flexibility index (Phi) is 8.20. The van der Waals surface area contributed by atoms with E-state index in [1.807, 2.05) is 12.4 Å². The zero-order chi connectivity index (χ0) is 25.8. The first-order chi connectivity index (χ1) is 18.0. The maximum absolute atomic E-state index is 14.6. The van der Waals surface area contributed by atoms with E-state index in [2.05, 4.69) is 14.9 Å². The van der Waals surface area contributed by atoms with Crippen LogP contribution in [0.2, 0.25) is 0 Å². The van der Waals surface area contributed by atoms with E-state index in [4.69, 9.17) is 14.2 Å². The summed E-state index contributed by atoms with van der Waals surface area (Å²) in [4.78, 5) is 25.3. The highest BCUT2D eigenvalue weighted by Crippen LogP contribution is 2.49. The molecule has 0 spiro atoms. The Morgan fingerprint density at radius 1 is 1.14 bits per heavy atom. The van der Waals surface area contributed by atoms with E-state index in [0.717, 1.165) is 42.9 Å². The molecule has 3 fully saturated rings. The van der Waals surface area contributed by atoms with Crippen LogP contribution < -0.4 is 9.64 Å². The molecule has 0 bridgehead atoms. The van der Waals surface area contributed by atoms with E-state index >= 15 is 0 Å². The highest BCUT2D eigenvalue weighted by Gasteiger charge is 2.43. The minimum absolute atomic E-state index is 0.0658. The second-order valence-corrected chi connectivity index (χ2v) is 10.5. The van der Waals surface area contributed by atoms with E-state index in [0.29, 0.717) is 43.5 Å². The van der Waals surface area contributed by atoms with Crippen LogP contribution in [0.1, 0.15) is 36.8 Å². The van der Waals surface area contributed by atoms with Gasteiger partial charge in [-0.25, -0.2) is 14.4 Å². The number of aromatic nitrogens is 2. The number of anilines is 1. The van der Waals surface area contributed by atoms with Crippen molar-refractivity contribution in [3.05, 3.63) is 47.5 Å². The third kappa shape index (κ3) is 6.38. The second-order valence-electron chi connectivity index (χ2n) is 10.5. The maximum Gasteiger partial charge on any atom is 0.227 e. The fourth-order valence-corrected chi connectivity index (χ4v) is 5.62. The van der Waals surface area contributed by atoms with E-state index in [-0.39, 0.29) is 24.2 Å². The fourth-order valence-electron chi connectivity index (χ4n) is 5.62. The molecule has 37 heavy (non-hydrogen) atoms. The number of carbonyl (C=O) groups is 1. The minimum atomic E-state index is -0.386. The summed E-state index contributed by atoms with van der Waals surface area (Å²) >= 11 is 0. The van der Waals surface area contributed by atoms with Gasteiger partial charge in [-0.15, -0.1) is 0 Å². The molecule has 3 aliphatic rings. The molecule has 1 amide bonds. The van der Waals surface area contributed by atoms with Crippen LogP contribution in [-0.4, -0.2) is 73.9 Å². The molecule has 9 heteroatoms. The lowest BCUT2D eigenvalue weighted by atomic mass is 9.90. The smallest absolute Gasteiger partial charge is 0.227 e. The van der Waals surface area contributed by atoms with Crippen molar-refractivity contribution in [2.24, 2.45) is 17.8 Å². The number of rotatable bonds is 11. The van der Waals surface area contributed by atoms with Crippen LogP contribution in [0.4, 0.5) is 10.3 Å². The van der Waals surface area contributed by atoms with Gasteiger partial charge in [-0.2, -0.15) is 0 Å². The van der Waals surface area contributed by atoms with Crippen molar-refractivity contribution in [3.63, 3.8) is 0 Å². The first-order valence-electron chi connectivity index (χ1n) is 13.3. The van der Waals surface area contributed by atoms with Crippen molar-refractivity contribution in [3.8, 4) is 5.75 Å². The van der Waals surface area contributed by atoms with Gasteiger partial charge in [-0.3, -0.25) is 4.79 Å². The summed E-state index contributed by atoms with van der Waals surface area (Å²) in [6.07, 6.45) is 8.44. The van der Waals surface area contributed by atoms with Gasteiger partial charge in [0.05, 0.1) is 25.7 Å². The predicted octanol–water partition coefficient (Wildman–Crippen LogP) is 3.48. The molecule has 0 unspecified atom stereocenters. The number of nitrogens with zero attached hydrogens (tertiary/aromatic N) is 4. The molecule has 5 rings (SSSR count). The molecule has 8 nitrogen and oxygen atoms in total. The number of amides is 1. The van der Waals surface area contributed by atoms with Crippen LogP contribution in [0.5, 0.6) is 5.75 Å². The third-order valence-corrected chi connectivity index (χ3v) is 8.07. The number of methoxy groups -OCH3 is 2. The number of hydrogen-bond acceptors (Lipinski definition) is 7. The quantitative estimate of drug-likeness (QED) is 0.456. The Morgan fingerprint density at radius 2 is 1.89 bits per heavy atom. The number of hydrogen-bond donors (Lipinski definition) is 0. The SMILES string of the molecule is COCc1cnc(N2CCC([C@@H]3C[C@@H]3CCOc3ccc(CC(=O)N4CC(OC)C4)c(F)c3)CC2)nc1. The van der Waals surface area contributed by atoms with Crippen LogP contribution >= 0.6 is 0 Å². The molecule has 1 aromatic carbocycles. The minimum Gasteiger partial charge on any atom is -0.493 e. The van der Waals surface area contributed by atoms with E-state index in [1.165, 1.54) is 25.3 Å². The number of ether oxygens (including phenoxy) is 3. The van der Waals surface area contributed by atoms with Crippen LogP contribution in [0.15, 0.2) is 30.6 Å². The predicted molar refractivity (Wildman–Crippen MR) is 137 cm³/mol.